The van der Waals surface area contributed by atoms with Gasteiger partial charge in [0.2, 0.25) is 0 Å². The van der Waals surface area contributed by atoms with Crippen molar-refractivity contribution in [1.29, 1.82) is 0 Å². The van der Waals surface area contributed by atoms with Crippen molar-refractivity contribution < 1.29 is 33.8 Å². The van der Waals surface area contributed by atoms with E-state index in [1.807, 2.05) is 6.92 Å². The zero-order valence-corrected chi connectivity index (χ0v) is 9.08. The second-order valence-corrected chi connectivity index (χ2v) is 4.60. The molecular weight excluding hydrogens is 227 g/mol. The Labute approximate surface area is 86.9 Å². The van der Waals surface area contributed by atoms with Crippen LogP contribution in [-0.2, 0) is 13.8 Å². The molecular formula is C7H15O7P. The summed E-state index contributed by atoms with van der Waals surface area (Å²) in [4.78, 5) is 17.0. The summed E-state index contributed by atoms with van der Waals surface area (Å²) in [5, 5.41) is 18.8. The van der Waals surface area contributed by atoms with Crippen LogP contribution in [0.5, 0.6) is 0 Å². The molecule has 0 aromatic heterocycles. The number of aliphatic hydroxyl groups is 2. The van der Waals surface area contributed by atoms with Crippen molar-refractivity contribution in [2.45, 2.75) is 44.4 Å². The van der Waals surface area contributed by atoms with Gasteiger partial charge in [0.1, 0.15) is 12.2 Å². The minimum absolute atomic E-state index is 0.485. The molecule has 1 heterocycles. The fourth-order valence-corrected chi connectivity index (χ4v) is 1.91. The first-order valence-electron chi connectivity index (χ1n) is 4.60. The number of phosphoric acid groups is 1. The molecule has 0 saturated carbocycles. The van der Waals surface area contributed by atoms with Gasteiger partial charge in [-0.25, -0.2) is 4.57 Å². The lowest BCUT2D eigenvalue weighted by molar-refractivity contribution is -0.120. The van der Waals surface area contributed by atoms with Crippen LogP contribution in [0.3, 0.4) is 0 Å². The Kier molecular flexibility index (Phi) is 4.25. The van der Waals surface area contributed by atoms with E-state index in [0.717, 1.165) is 6.42 Å². The number of rotatable bonds is 4. The van der Waals surface area contributed by atoms with Gasteiger partial charge >= 0.3 is 7.82 Å². The Balaban J connectivity index is 2.59. The first-order chi connectivity index (χ1) is 6.85. The molecule has 0 aromatic carbocycles. The molecule has 0 radical (unpaired) electrons. The highest BCUT2D eigenvalue weighted by Gasteiger charge is 2.45. The van der Waals surface area contributed by atoms with Crippen LogP contribution >= 0.6 is 7.82 Å². The summed E-state index contributed by atoms with van der Waals surface area (Å²) in [5.41, 5.74) is 0. The average molecular weight is 242 g/mol. The summed E-state index contributed by atoms with van der Waals surface area (Å²) in [6.45, 7) is 1.86. The van der Waals surface area contributed by atoms with E-state index >= 15 is 0 Å². The summed E-state index contributed by atoms with van der Waals surface area (Å²) in [5.74, 6) is 0. The average Bonchev–Trinajstić information content (AvgIpc) is 2.32. The Hall–Kier alpha value is -0.0100. The molecule has 7 nitrogen and oxygen atoms in total. The molecule has 1 fully saturated rings. The molecule has 4 N–H and O–H groups in total. The standard InChI is InChI=1S/C7H15O7P/c1-2-3-4-5(8)6(9)7(13-4)14-15(10,11)12/h4-9H,2-3H2,1H3,(H2,10,11,12). The van der Waals surface area contributed by atoms with E-state index in [1.54, 1.807) is 0 Å². The zero-order valence-electron chi connectivity index (χ0n) is 8.18. The molecule has 0 aliphatic carbocycles. The highest BCUT2D eigenvalue weighted by molar-refractivity contribution is 7.46. The highest BCUT2D eigenvalue weighted by atomic mass is 31.2. The summed E-state index contributed by atoms with van der Waals surface area (Å²) >= 11 is 0. The van der Waals surface area contributed by atoms with Gasteiger partial charge in [-0.3, -0.25) is 4.52 Å². The Morgan fingerprint density at radius 1 is 1.33 bits per heavy atom. The molecule has 8 heteroatoms. The monoisotopic (exact) mass is 242 g/mol. The lowest BCUT2D eigenvalue weighted by atomic mass is 10.1. The predicted molar refractivity (Wildman–Crippen MR) is 48.7 cm³/mol. The molecule has 0 amide bonds. The van der Waals surface area contributed by atoms with Crippen molar-refractivity contribution in [2.75, 3.05) is 0 Å². The zero-order chi connectivity index (χ0) is 11.6. The minimum Gasteiger partial charge on any atom is -0.387 e. The van der Waals surface area contributed by atoms with Crippen LogP contribution in [0.4, 0.5) is 0 Å². The van der Waals surface area contributed by atoms with Crippen LogP contribution in [-0.4, -0.2) is 44.6 Å². The fraction of sp³-hybridized carbons (Fsp3) is 1.00. The molecule has 90 valence electrons. The van der Waals surface area contributed by atoms with E-state index in [-0.39, 0.29) is 0 Å². The molecule has 1 aliphatic heterocycles. The molecule has 1 rings (SSSR count). The third-order valence-electron chi connectivity index (χ3n) is 2.13. The summed E-state index contributed by atoms with van der Waals surface area (Å²) < 4.78 is 19.7. The van der Waals surface area contributed by atoms with Crippen molar-refractivity contribution in [3.63, 3.8) is 0 Å². The van der Waals surface area contributed by atoms with Crippen molar-refractivity contribution in [2.24, 2.45) is 0 Å². The fourth-order valence-electron chi connectivity index (χ4n) is 1.46. The molecule has 1 aliphatic rings. The van der Waals surface area contributed by atoms with Crippen LogP contribution in [0.2, 0.25) is 0 Å². The number of hydrogen-bond donors (Lipinski definition) is 4. The van der Waals surface area contributed by atoms with E-state index in [1.165, 1.54) is 0 Å². The van der Waals surface area contributed by atoms with Crippen molar-refractivity contribution in [1.82, 2.24) is 0 Å². The van der Waals surface area contributed by atoms with Crippen LogP contribution in [0.15, 0.2) is 0 Å². The van der Waals surface area contributed by atoms with E-state index < -0.39 is 32.4 Å². The second kappa shape index (κ2) is 4.88. The van der Waals surface area contributed by atoms with Crippen LogP contribution in [0.25, 0.3) is 0 Å². The molecule has 4 atom stereocenters. The van der Waals surface area contributed by atoms with Gasteiger partial charge < -0.3 is 24.7 Å². The largest absolute Gasteiger partial charge is 0.472 e. The van der Waals surface area contributed by atoms with Gasteiger partial charge in [-0.15, -0.1) is 0 Å². The van der Waals surface area contributed by atoms with E-state index in [2.05, 4.69) is 4.52 Å². The van der Waals surface area contributed by atoms with E-state index in [0.29, 0.717) is 6.42 Å². The van der Waals surface area contributed by atoms with Crippen molar-refractivity contribution >= 4 is 7.82 Å². The molecule has 4 unspecified atom stereocenters. The molecule has 1 saturated heterocycles. The van der Waals surface area contributed by atoms with Gasteiger partial charge in [0.05, 0.1) is 6.10 Å². The second-order valence-electron chi connectivity index (χ2n) is 3.41. The summed E-state index contributed by atoms with van der Waals surface area (Å²) in [6.07, 6.45) is -3.54. The molecule has 0 aromatic rings. The van der Waals surface area contributed by atoms with Crippen molar-refractivity contribution in [3.05, 3.63) is 0 Å². The molecule has 0 bridgehead atoms. The normalized spacial score (nSPS) is 37.1. The lowest BCUT2D eigenvalue weighted by Gasteiger charge is -2.15. The summed E-state index contributed by atoms with van der Waals surface area (Å²) in [7, 11) is -4.72. The Morgan fingerprint density at radius 3 is 2.40 bits per heavy atom. The van der Waals surface area contributed by atoms with Crippen LogP contribution in [0, 0.1) is 0 Å². The SMILES string of the molecule is CCCC1OC(OP(=O)(O)O)C(O)C1O. The quantitative estimate of drug-likeness (QED) is 0.483. The number of ether oxygens (including phenoxy) is 1. The van der Waals surface area contributed by atoms with Crippen LogP contribution in [0.1, 0.15) is 19.8 Å². The maximum absolute atomic E-state index is 10.5. The number of phosphoric ester groups is 1. The maximum Gasteiger partial charge on any atom is 0.472 e. The lowest BCUT2D eigenvalue weighted by Crippen LogP contribution is -2.33. The van der Waals surface area contributed by atoms with E-state index in [9.17, 15) is 14.8 Å². The molecule has 0 spiro atoms. The smallest absolute Gasteiger partial charge is 0.387 e. The van der Waals surface area contributed by atoms with Crippen LogP contribution < -0.4 is 0 Å². The highest BCUT2D eigenvalue weighted by Crippen LogP contribution is 2.41. The minimum atomic E-state index is -4.72. The third kappa shape index (κ3) is 3.49. The van der Waals surface area contributed by atoms with Gasteiger partial charge in [-0.2, -0.15) is 0 Å². The Bertz CT molecular complexity index is 252. The predicted octanol–water partition coefficient (Wildman–Crippen LogP) is -0.658. The van der Waals surface area contributed by atoms with Gasteiger partial charge in [0, 0.05) is 0 Å². The van der Waals surface area contributed by atoms with E-state index in [4.69, 9.17) is 14.5 Å². The summed E-state index contributed by atoms with van der Waals surface area (Å²) in [6, 6.07) is 0. The topological polar surface area (TPSA) is 116 Å². The first kappa shape index (κ1) is 13.1. The maximum atomic E-state index is 10.5. The molecule has 15 heavy (non-hydrogen) atoms. The van der Waals surface area contributed by atoms with Crippen molar-refractivity contribution in [3.8, 4) is 0 Å². The number of hydrogen-bond acceptors (Lipinski definition) is 5. The Morgan fingerprint density at radius 2 is 1.93 bits per heavy atom. The van der Waals surface area contributed by atoms with Gasteiger partial charge in [0.15, 0.2) is 6.29 Å². The first-order valence-corrected chi connectivity index (χ1v) is 6.13. The number of aliphatic hydroxyl groups excluding tert-OH is 2. The van der Waals surface area contributed by atoms with Gasteiger partial charge in [-0.05, 0) is 6.42 Å². The van der Waals surface area contributed by atoms with Gasteiger partial charge in [0.25, 0.3) is 0 Å². The third-order valence-corrected chi connectivity index (χ3v) is 2.62. The van der Waals surface area contributed by atoms with Gasteiger partial charge in [-0.1, -0.05) is 13.3 Å².